The van der Waals surface area contributed by atoms with Crippen LogP contribution in [0.2, 0.25) is 0 Å². The molecule has 1 aliphatic rings. The zero-order valence-electron chi connectivity index (χ0n) is 7.31. The Kier molecular flexibility index (Phi) is 2.03. The summed E-state index contributed by atoms with van der Waals surface area (Å²) in [6.07, 6.45) is 5.87. The van der Waals surface area contributed by atoms with Gasteiger partial charge in [-0.1, -0.05) is 22.9 Å². The normalized spacial score (nSPS) is 35.7. The third-order valence-corrected chi connectivity index (χ3v) is 3.71. The van der Waals surface area contributed by atoms with Crippen LogP contribution in [0.5, 0.6) is 0 Å². The van der Waals surface area contributed by atoms with E-state index in [2.05, 4.69) is 40.0 Å². The zero-order chi connectivity index (χ0) is 8.60. The second kappa shape index (κ2) is 2.91. The highest BCUT2D eigenvalue weighted by Gasteiger charge is 2.35. The summed E-state index contributed by atoms with van der Waals surface area (Å²) in [4.78, 5) is 4.03. The molecule has 0 spiro atoms. The molecule has 2 heteroatoms. The van der Waals surface area contributed by atoms with Gasteiger partial charge >= 0.3 is 0 Å². The highest BCUT2D eigenvalue weighted by Crippen LogP contribution is 2.42. The number of aromatic amines is 1. The van der Waals surface area contributed by atoms with Crippen molar-refractivity contribution in [2.24, 2.45) is 0 Å². The molecule has 1 N–H and O–H groups in total. The molecule has 0 radical (unpaired) electrons. The number of rotatable bonds is 1. The molecule has 66 valence electrons. The van der Waals surface area contributed by atoms with E-state index in [0.29, 0.717) is 10.2 Å². The number of aromatic nitrogens is 1. The molecule has 2 atom stereocenters. The first-order valence-electron chi connectivity index (χ1n) is 4.49. The van der Waals surface area contributed by atoms with Gasteiger partial charge in [-0.3, -0.25) is 0 Å². The minimum atomic E-state index is 0.387. The summed E-state index contributed by atoms with van der Waals surface area (Å²) < 4.78 is 0. The van der Waals surface area contributed by atoms with Gasteiger partial charge in [0.2, 0.25) is 0 Å². The fourth-order valence-electron chi connectivity index (χ4n) is 2.12. The highest BCUT2D eigenvalue weighted by molar-refractivity contribution is 9.09. The molecular formula is C10H14BrN. The average molecular weight is 228 g/mol. The minimum Gasteiger partial charge on any atom is -0.365 e. The van der Waals surface area contributed by atoms with E-state index >= 15 is 0 Å². The maximum atomic E-state index is 3.69. The van der Waals surface area contributed by atoms with Crippen molar-refractivity contribution in [2.45, 2.75) is 36.4 Å². The Labute approximate surface area is 81.7 Å². The molecule has 2 rings (SSSR count). The molecule has 1 heterocycles. The fraction of sp³-hybridized carbons (Fsp3) is 0.600. The van der Waals surface area contributed by atoms with Crippen LogP contribution in [0, 0.1) is 0 Å². The minimum absolute atomic E-state index is 0.387. The number of hydrogen-bond donors (Lipinski definition) is 1. The van der Waals surface area contributed by atoms with Crippen molar-refractivity contribution >= 4 is 15.9 Å². The van der Waals surface area contributed by atoms with Gasteiger partial charge in [-0.25, -0.2) is 0 Å². The predicted octanol–water partition coefficient (Wildman–Crippen LogP) is 3.22. The number of halogens is 1. The average Bonchev–Trinajstić information content (AvgIpc) is 2.59. The van der Waals surface area contributed by atoms with Crippen molar-refractivity contribution < 1.29 is 0 Å². The lowest BCUT2D eigenvalue weighted by Crippen LogP contribution is -2.18. The van der Waals surface area contributed by atoms with Gasteiger partial charge in [0.15, 0.2) is 0 Å². The number of alkyl halides is 1. The second-order valence-corrected chi connectivity index (χ2v) is 5.28. The van der Waals surface area contributed by atoms with Gasteiger partial charge in [0.25, 0.3) is 0 Å². The summed E-state index contributed by atoms with van der Waals surface area (Å²) in [5.74, 6) is 0. The predicted molar refractivity (Wildman–Crippen MR) is 54.7 cm³/mol. The molecule has 1 aromatic rings. The Morgan fingerprint density at radius 2 is 2.50 bits per heavy atom. The lowest BCUT2D eigenvalue weighted by Gasteiger charge is -2.22. The fourth-order valence-corrected chi connectivity index (χ4v) is 3.06. The molecule has 1 aliphatic carbocycles. The van der Waals surface area contributed by atoms with E-state index in [9.17, 15) is 0 Å². The third-order valence-electron chi connectivity index (χ3n) is 2.93. The molecule has 12 heavy (non-hydrogen) atoms. The van der Waals surface area contributed by atoms with Gasteiger partial charge in [-0.05, 0) is 31.4 Å². The van der Waals surface area contributed by atoms with Crippen LogP contribution < -0.4 is 0 Å². The summed E-state index contributed by atoms with van der Waals surface area (Å²) >= 11 is 3.69. The summed E-state index contributed by atoms with van der Waals surface area (Å²) in [5.41, 5.74) is 1.78. The van der Waals surface area contributed by atoms with Crippen molar-refractivity contribution in [3.63, 3.8) is 0 Å². The molecular weight excluding hydrogens is 214 g/mol. The topological polar surface area (TPSA) is 15.8 Å². The third kappa shape index (κ3) is 1.33. The summed E-state index contributed by atoms with van der Waals surface area (Å²) in [5, 5.41) is 0. The Balaban J connectivity index is 2.23. The Bertz CT molecular complexity index is 255. The molecule has 0 bridgehead atoms. The molecule has 1 nitrogen and oxygen atoms in total. The highest BCUT2D eigenvalue weighted by atomic mass is 79.9. The van der Waals surface area contributed by atoms with E-state index in [1.165, 1.54) is 25.0 Å². The lowest BCUT2D eigenvalue weighted by molar-refractivity contribution is 0.480. The molecule has 0 aromatic carbocycles. The molecule has 0 aliphatic heterocycles. The molecule has 0 amide bonds. The monoisotopic (exact) mass is 227 g/mol. The van der Waals surface area contributed by atoms with E-state index in [0.717, 1.165) is 0 Å². The molecule has 1 aromatic heterocycles. The van der Waals surface area contributed by atoms with Crippen LogP contribution in [0.3, 0.4) is 0 Å². The van der Waals surface area contributed by atoms with Crippen molar-refractivity contribution in [1.29, 1.82) is 0 Å². The van der Waals surface area contributed by atoms with Gasteiger partial charge in [-0.2, -0.15) is 0 Å². The van der Waals surface area contributed by atoms with Crippen molar-refractivity contribution in [3.05, 3.63) is 24.0 Å². The zero-order valence-corrected chi connectivity index (χ0v) is 8.89. The maximum absolute atomic E-state index is 3.69. The van der Waals surface area contributed by atoms with Crippen LogP contribution in [-0.4, -0.2) is 9.81 Å². The van der Waals surface area contributed by atoms with E-state index in [1.807, 2.05) is 6.20 Å². The van der Waals surface area contributed by atoms with Crippen LogP contribution >= 0.6 is 15.9 Å². The molecule has 1 fully saturated rings. The SMILES string of the molecule is CC1(c2ccc[nH]2)CCC(Br)C1. The van der Waals surface area contributed by atoms with E-state index in [1.54, 1.807) is 0 Å². The number of nitrogens with one attached hydrogen (secondary N) is 1. The summed E-state index contributed by atoms with van der Waals surface area (Å²) in [6.45, 7) is 2.35. The molecule has 2 unspecified atom stereocenters. The molecule has 1 saturated carbocycles. The van der Waals surface area contributed by atoms with Gasteiger partial charge in [0, 0.05) is 22.1 Å². The van der Waals surface area contributed by atoms with E-state index in [4.69, 9.17) is 0 Å². The van der Waals surface area contributed by atoms with Crippen molar-refractivity contribution in [1.82, 2.24) is 4.98 Å². The standard InChI is InChI=1S/C10H14BrN/c1-10(5-4-8(11)7-10)9-3-2-6-12-9/h2-3,6,8,12H,4-5,7H2,1H3. The maximum Gasteiger partial charge on any atom is 0.0207 e. The van der Waals surface area contributed by atoms with Crippen molar-refractivity contribution in [3.8, 4) is 0 Å². The number of hydrogen-bond acceptors (Lipinski definition) is 0. The Hall–Kier alpha value is -0.240. The quantitative estimate of drug-likeness (QED) is 0.710. The second-order valence-electron chi connectivity index (χ2n) is 3.98. The van der Waals surface area contributed by atoms with Crippen LogP contribution in [0.25, 0.3) is 0 Å². The first-order chi connectivity index (χ1) is 5.71. The van der Waals surface area contributed by atoms with E-state index in [-0.39, 0.29) is 0 Å². The first kappa shape index (κ1) is 8.36. The van der Waals surface area contributed by atoms with E-state index < -0.39 is 0 Å². The van der Waals surface area contributed by atoms with Crippen LogP contribution in [0.4, 0.5) is 0 Å². The lowest BCUT2D eigenvalue weighted by atomic mass is 9.85. The van der Waals surface area contributed by atoms with Crippen molar-refractivity contribution in [2.75, 3.05) is 0 Å². The number of H-pyrrole nitrogens is 1. The Morgan fingerprint density at radius 3 is 3.00 bits per heavy atom. The van der Waals surface area contributed by atoms with Gasteiger partial charge < -0.3 is 4.98 Å². The van der Waals surface area contributed by atoms with Gasteiger partial charge in [0.1, 0.15) is 0 Å². The molecule has 0 saturated heterocycles. The first-order valence-corrected chi connectivity index (χ1v) is 5.40. The van der Waals surface area contributed by atoms with Crippen LogP contribution in [-0.2, 0) is 5.41 Å². The van der Waals surface area contributed by atoms with Crippen LogP contribution in [0.1, 0.15) is 31.9 Å². The Morgan fingerprint density at radius 1 is 1.67 bits per heavy atom. The summed E-state index contributed by atoms with van der Waals surface area (Å²) in [6, 6.07) is 4.28. The smallest absolute Gasteiger partial charge is 0.0207 e. The van der Waals surface area contributed by atoms with Crippen LogP contribution in [0.15, 0.2) is 18.3 Å². The summed E-state index contributed by atoms with van der Waals surface area (Å²) in [7, 11) is 0. The van der Waals surface area contributed by atoms with Gasteiger partial charge in [0.05, 0.1) is 0 Å². The van der Waals surface area contributed by atoms with Gasteiger partial charge in [-0.15, -0.1) is 0 Å². The largest absolute Gasteiger partial charge is 0.365 e.